The molecule has 0 aromatic carbocycles. The number of rotatable bonds is 3. The van der Waals surface area contributed by atoms with Gasteiger partial charge >= 0.3 is 0 Å². The maximum absolute atomic E-state index is 5.79. The van der Waals surface area contributed by atoms with Crippen molar-refractivity contribution in [2.24, 2.45) is 0 Å². The van der Waals surface area contributed by atoms with Gasteiger partial charge in [0.25, 0.3) is 0 Å². The third-order valence-electron chi connectivity index (χ3n) is 1.66. The topological polar surface area (TPSA) is 80.8 Å². The molecule has 0 aliphatic heterocycles. The highest BCUT2D eigenvalue weighted by molar-refractivity contribution is 8.01. The molecule has 2 aromatic rings. The SMILES string of the molecule is CN(C)c1nnc(Sc2cc(Cl)nc(N)n2)s1. The molecule has 2 rings (SSSR count). The number of nitrogen functional groups attached to an aromatic ring is 1. The molecular weight excluding hydrogens is 280 g/mol. The van der Waals surface area contributed by atoms with Crippen molar-refractivity contribution in [2.75, 3.05) is 24.7 Å². The van der Waals surface area contributed by atoms with E-state index in [1.165, 1.54) is 23.1 Å². The zero-order valence-electron chi connectivity index (χ0n) is 9.09. The highest BCUT2D eigenvalue weighted by atomic mass is 35.5. The third-order valence-corrected chi connectivity index (χ3v) is 3.91. The number of hydrogen-bond donors (Lipinski definition) is 1. The van der Waals surface area contributed by atoms with Crippen LogP contribution in [0.2, 0.25) is 5.15 Å². The summed E-state index contributed by atoms with van der Waals surface area (Å²) in [6, 6.07) is 1.64. The number of hydrogen-bond acceptors (Lipinski definition) is 8. The van der Waals surface area contributed by atoms with Gasteiger partial charge in [-0.25, -0.2) is 9.97 Å². The Balaban J connectivity index is 2.19. The van der Waals surface area contributed by atoms with Crippen LogP contribution in [0.5, 0.6) is 0 Å². The molecule has 0 radical (unpaired) electrons. The van der Waals surface area contributed by atoms with Crippen molar-refractivity contribution in [3.05, 3.63) is 11.2 Å². The average Bonchev–Trinajstić information content (AvgIpc) is 2.64. The monoisotopic (exact) mass is 288 g/mol. The third kappa shape index (κ3) is 3.18. The van der Waals surface area contributed by atoms with Crippen LogP contribution < -0.4 is 10.6 Å². The van der Waals surface area contributed by atoms with Gasteiger partial charge in [0.05, 0.1) is 0 Å². The van der Waals surface area contributed by atoms with Crippen molar-refractivity contribution in [3.63, 3.8) is 0 Å². The van der Waals surface area contributed by atoms with Crippen LogP contribution in [-0.4, -0.2) is 34.3 Å². The van der Waals surface area contributed by atoms with Crippen molar-refractivity contribution in [1.29, 1.82) is 0 Å². The Morgan fingerprint density at radius 3 is 2.71 bits per heavy atom. The second-order valence-electron chi connectivity index (χ2n) is 3.23. The Bertz CT molecular complexity index is 508. The highest BCUT2D eigenvalue weighted by Crippen LogP contribution is 2.32. The lowest BCUT2D eigenvalue weighted by Crippen LogP contribution is -2.07. The fourth-order valence-electron chi connectivity index (χ4n) is 0.980. The summed E-state index contributed by atoms with van der Waals surface area (Å²) >= 11 is 8.61. The van der Waals surface area contributed by atoms with Crippen LogP contribution in [0.25, 0.3) is 0 Å². The lowest BCUT2D eigenvalue weighted by atomic mass is 10.7. The average molecular weight is 289 g/mol. The van der Waals surface area contributed by atoms with Crippen LogP contribution in [0.15, 0.2) is 15.4 Å². The molecule has 0 aliphatic rings. The normalized spacial score (nSPS) is 10.5. The van der Waals surface area contributed by atoms with Gasteiger partial charge in [-0.2, -0.15) is 0 Å². The van der Waals surface area contributed by atoms with Gasteiger partial charge in [-0.15, -0.1) is 10.2 Å². The molecule has 0 amide bonds. The van der Waals surface area contributed by atoms with E-state index in [4.69, 9.17) is 17.3 Å². The van der Waals surface area contributed by atoms with Crippen molar-refractivity contribution in [2.45, 2.75) is 9.37 Å². The highest BCUT2D eigenvalue weighted by Gasteiger charge is 2.09. The van der Waals surface area contributed by atoms with Crippen molar-refractivity contribution >= 4 is 45.8 Å². The summed E-state index contributed by atoms with van der Waals surface area (Å²) in [5.74, 6) is 0.150. The minimum atomic E-state index is 0.150. The lowest BCUT2D eigenvalue weighted by Gasteiger charge is -2.03. The fourth-order valence-corrected chi connectivity index (χ4v) is 2.95. The Hall–Kier alpha value is -1.12. The summed E-state index contributed by atoms with van der Waals surface area (Å²) in [5, 5.41) is 9.87. The van der Waals surface area contributed by atoms with Crippen molar-refractivity contribution < 1.29 is 0 Å². The van der Waals surface area contributed by atoms with E-state index in [1.54, 1.807) is 6.07 Å². The first-order valence-corrected chi connectivity index (χ1v) is 6.54. The van der Waals surface area contributed by atoms with Crippen LogP contribution >= 0.6 is 34.7 Å². The summed E-state index contributed by atoms with van der Waals surface area (Å²) in [4.78, 5) is 9.73. The quantitative estimate of drug-likeness (QED) is 0.862. The molecule has 0 aliphatic carbocycles. The molecule has 2 N–H and O–H groups in total. The van der Waals surface area contributed by atoms with Gasteiger partial charge in [0, 0.05) is 20.2 Å². The molecule has 9 heteroatoms. The van der Waals surface area contributed by atoms with E-state index >= 15 is 0 Å². The van der Waals surface area contributed by atoms with Crippen LogP contribution in [-0.2, 0) is 0 Å². The van der Waals surface area contributed by atoms with E-state index < -0.39 is 0 Å². The van der Waals surface area contributed by atoms with E-state index in [0.29, 0.717) is 10.2 Å². The lowest BCUT2D eigenvalue weighted by molar-refractivity contribution is 0.969. The van der Waals surface area contributed by atoms with Gasteiger partial charge in [0.1, 0.15) is 10.2 Å². The van der Waals surface area contributed by atoms with E-state index in [0.717, 1.165) is 9.47 Å². The van der Waals surface area contributed by atoms with Gasteiger partial charge in [-0.3, -0.25) is 0 Å². The summed E-state index contributed by atoms with van der Waals surface area (Å²) in [5.41, 5.74) is 5.51. The van der Waals surface area contributed by atoms with Crippen molar-refractivity contribution in [1.82, 2.24) is 20.2 Å². The van der Waals surface area contributed by atoms with E-state index in [2.05, 4.69) is 20.2 Å². The Labute approximate surface area is 111 Å². The Kier molecular flexibility index (Phi) is 3.65. The first-order chi connectivity index (χ1) is 8.04. The molecule has 0 spiro atoms. The minimum absolute atomic E-state index is 0.150. The summed E-state index contributed by atoms with van der Waals surface area (Å²) < 4.78 is 0.780. The van der Waals surface area contributed by atoms with Gasteiger partial charge in [-0.1, -0.05) is 22.9 Å². The van der Waals surface area contributed by atoms with Gasteiger partial charge in [0.15, 0.2) is 4.34 Å². The smallest absolute Gasteiger partial charge is 0.222 e. The molecule has 2 heterocycles. The number of nitrogens with two attached hydrogens (primary N) is 1. The van der Waals surface area contributed by atoms with E-state index in [-0.39, 0.29) is 5.95 Å². The molecule has 2 aromatic heterocycles. The molecule has 17 heavy (non-hydrogen) atoms. The predicted molar refractivity (Wildman–Crippen MR) is 69.8 cm³/mol. The molecule has 6 nitrogen and oxygen atoms in total. The first-order valence-electron chi connectivity index (χ1n) is 4.53. The zero-order valence-corrected chi connectivity index (χ0v) is 11.5. The maximum Gasteiger partial charge on any atom is 0.222 e. The largest absolute Gasteiger partial charge is 0.368 e. The van der Waals surface area contributed by atoms with Crippen LogP contribution in [0.4, 0.5) is 11.1 Å². The fraction of sp³-hybridized carbons (Fsp3) is 0.250. The molecule has 0 saturated carbocycles. The first kappa shape index (κ1) is 12.3. The Morgan fingerprint density at radius 1 is 1.35 bits per heavy atom. The Morgan fingerprint density at radius 2 is 2.12 bits per heavy atom. The van der Waals surface area contributed by atoms with Crippen molar-refractivity contribution in [3.8, 4) is 0 Å². The molecule has 90 valence electrons. The number of halogens is 1. The van der Waals surface area contributed by atoms with Gasteiger partial charge in [-0.05, 0) is 11.8 Å². The number of anilines is 2. The van der Waals surface area contributed by atoms with E-state index in [9.17, 15) is 0 Å². The second kappa shape index (κ2) is 5.03. The molecular formula is C8H9ClN6S2. The summed E-state index contributed by atoms with van der Waals surface area (Å²) in [6.45, 7) is 0. The molecule has 0 saturated heterocycles. The van der Waals surface area contributed by atoms with Crippen LogP contribution in [0.1, 0.15) is 0 Å². The molecule has 0 bridgehead atoms. The minimum Gasteiger partial charge on any atom is -0.368 e. The molecule has 0 unspecified atom stereocenters. The zero-order chi connectivity index (χ0) is 12.4. The van der Waals surface area contributed by atoms with Gasteiger partial charge in [0.2, 0.25) is 11.1 Å². The standard InChI is InChI=1S/C8H9ClN6S2/c1-15(2)7-13-14-8(17-7)16-5-3-4(9)11-6(10)12-5/h3H,1-2H3,(H2,10,11,12). The van der Waals surface area contributed by atoms with E-state index in [1.807, 2.05) is 19.0 Å². The van der Waals surface area contributed by atoms with Crippen LogP contribution in [0.3, 0.4) is 0 Å². The molecule has 0 fully saturated rings. The molecule has 0 atom stereocenters. The van der Waals surface area contributed by atoms with Gasteiger partial charge < -0.3 is 10.6 Å². The second-order valence-corrected chi connectivity index (χ2v) is 5.84. The van der Waals surface area contributed by atoms with Crippen LogP contribution in [0, 0.1) is 0 Å². The number of nitrogens with zero attached hydrogens (tertiary/aromatic N) is 5. The predicted octanol–water partition coefficient (Wildman–Crippen LogP) is 1.78. The summed E-state index contributed by atoms with van der Waals surface area (Å²) in [6.07, 6.45) is 0. The maximum atomic E-state index is 5.79. The number of aromatic nitrogens is 4. The summed E-state index contributed by atoms with van der Waals surface area (Å²) in [7, 11) is 3.82.